The average molecular weight is 220 g/mol. The standard InChI is InChI=1S/C12H9FOS/c1-8-6-15-7-11(8)12(14)9-2-4-10(13)5-3-9/h2-7H,1H3. The minimum atomic E-state index is -0.325. The number of carbonyl (C=O) groups is 1. The maximum Gasteiger partial charge on any atom is 0.194 e. The molecule has 0 amide bonds. The van der Waals surface area contributed by atoms with Gasteiger partial charge in [-0.25, -0.2) is 4.39 Å². The fourth-order valence-corrected chi connectivity index (χ4v) is 2.18. The van der Waals surface area contributed by atoms with E-state index in [-0.39, 0.29) is 11.6 Å². The highest BCUT2D eigenvalue weighted by molar-refractivity contribution is 7.08. The highest BCUT2D eigenvalue weighted by Gasteiger charge is 2.11. The summed E-state index contributed by atoms with van der Waals surface area (Å²) in [4.78, 5) is 11.9. The lowest BCUT2D eigenvalue weighted by Gasteiger charge is -1.99. The van der Waals surface area contributed by atoms with E-state index in [1.54, 1.807) is 0 Å². The predicted molar refractivity (Wildman–Crippen MR) is 58.9 cm³/mol. The molecule has 1 aromatic heterocycles. The number of hydrogen-bond donors (Lipinski definition) is 0. The summed E-state index contributed by atoms with van der Waals surface area (Å²) < 4.78 is 12.7. The van der Waals surface area contributed by atoms with Crippen molar-refractivity contribution in [3.63, 3.8) is 0 Å². The van der Waals surface area contributed by atoms with Crippen LogP contribution in [0.1, 0.15) is 21.5 Å². The molecule has 2 rings (SSSR count). The number of hydrogen-bond acceptors (Lipinski definition) is 2. The molecule has 0 aliphatic carbocycles. The Hall–Kier alpha value is -1.48. The minimum absolute atomic E-state index is 0.0475. The first kappa shape index (κ1) is 10.1. The van der Waals surface area contributed by atoms with Crippen molar-refractivity contribution in [1.82, 2.24) is 0 Å². The Labute approximate surface area is 91.2 Å². The van der Waals surface area contributed by atoms with Crippen LogP contribution in [0.25, 0.3) is 0 Å². The quantitative estimate of drug-likeness (QED) is 0.709. The van der Waals surface area contributed by atoms with Crippen LogP contribution in [0.5, 0.6) is 0 Å². The zero-order chi connectivity index (χ0) is 10.8. The highest BCUT2D eigenvalue weighted by Crippen LogP contribution is 2.18. The molecule has 0 unspecified atom stereocenters. The van der Waals surface area contributed by atoms with Crippen molar-refractivity contribution < 1.29 is 9.18 Å². The van der Waals surface area contributed by atoms with Crippen LogP contribution in [0.3, 0.4) is 0 Å². The van der Waals surface area contributed by atoms with Crippen molar-refractivity contribution in [3.05, 3.63) is 57.5 Å². The number of ketones is 1. The average Bonchev–Trinajstić information content (AvgIpc) is 2.65. The minimum Gasteiger partial charge on any atom is -0.289 e. The maximum atomic E-state index is 12.7. The first-order valence-corrected chi connectivity index (χ1v) is 5.46. The van der Waals surface area contributed by atoms with Gasteiger partial charge in [0.15, 0.2) is 5.78 Å². The van der Waals surface area contributed by atoms with E-state index < -0.39 is 0 Å². The van der Waals surface area contributed by atoms with Gasteiger partial charge < -0.3 is 0 Å². The molecular formula is C12H9FOS. The molecule has 0 aliphatic heterocycles. The van der Waals surface area contributed by atoms with Gasteiger partial charge in [0.2, 0.25) is 0 Å². The van der Waals surface area contributed by atoms with E-state index in [0.717, 1.165) is 5.56 Å². The third-order valence-electron chi connectivity index (χ3n) is 2.21. The number of halogens is 1. The second kappa shape index (κ2) is 3.95. The molecule has 0 fully saturated rings. The summed E-state index contributed by atoms with van der Waals surface area (Å²) in [5.41, 5.74) is 2.19. The summed E-state index contributed by atoms with van der Waals surface area (Å²) >= 11 is 1.50. The van der Waals surface area contributed by atoms with E-state index in [1.165, 1.54) is 35.6 Å². The fourth-order valence-electron chi connectivity index (χ4n) is 1.35. The molecule has 0 aliphatic rings. The van der Waals surface area contributed by atoms with E-state index in [9.17, 15) is 9.18 Å². The van der Waals surface area contributed by atoms with Crippen LogP contribution in [-0.4, -0.2) is 5.78 Å². The van der Waals surface area contributed by atoms with Gasteiger partial charge in [0.1, 0.15) is 5.82 Å². The molecular weight excluding hydrogens is 211 g/mol. The topological polar surface area (TPSA) is 17.1 Å². The van der Waals surface area contributed by atoms with Crippen LogP contribution in [0.2, 0.25) is 0 Å². The number of rotatable bonds is 2. The largest absolute Gasteiger partial charge is 0.289 e. The maximum absolute atomic E-state index is 12.7. The lowest BCUT2D eigenvalue weighted by atomic mass is 10.0. The smallest absolute Gasteiger partial charge is 0.194 e. The van der Waals surface area contributed by atoms with Gasteiger partial charge in [-0.2, -0.15) is 11.3 Å². The molecule has 1 heterocycles. The molecule has 0 atom stereocenters. The lowest BCUT2D eigenvalue weighted by Crippen LogP contribution is -2.01. The second-order valence-corrected chi connectivity index (χ2v) is 4.05. The summed E-state index contributed by atoms with van der Waals surface area (Å²) in [6.45, 7) is 1.90. The number of carbonyl (C=O) groups excluding carboxylic acids is 1. The Bertz CT molecular complexity index is 485. The molecule has 0 N–H and O–H groups in total. The van der Waals surface area contributed by atoms with Gasteiger partial charge in [-0.05, 0) is 42.1 Å². The van der Waals surface area contributed by atoms with Crippen molar-refractivity contribution in [2.24, 2.45) is 0 Å². The van der Waals surface area contributed by atoms with Crippen molar-refractivity contribution >= 4 is 17.1 Å². The van der Waals surface area contributed by atoms with Crippen LogP contribution in [0.15, 0.2) is 35.0 Å². The van der Waals surface area contributed by atoms with Gasteiger partial charge in [-0.15, -0.1) is 0 Å². The molecule has 0 radical (unpaired) electrons. The van der Waals surface area contributed by atoms with Crippen molar-refractivity contribution in [2.45, 2.75) is 6.92 Å². The van der Waals surface area contributed by atoms with E-state index in [1.807, 2.05) is 17.7 Å². The zero-order valence-corrected chi connectivity index (χ0v) is 8.98. The third kappa shape index (κ3) is 1.97. The van der Waals surface area contributed by atoms with Crippen LogP contribution >= 0.6 is 11.3 Å². The van der Waals surface area contributed by atoms with Crippen molar-refractivity contribution in [1.29, 1.82) is 0 Å². The summed E-state index contributed by atoms with van der Waals surface area (Å²) in [5, 5.41) is 3.75. The number of thiophene rings is 1. The van der Waals surface area contributed by atoms with E-state index in [2.05, 4.69) is 0 Å². The molecule has 0 spiro atoms. The SMILES string of the molecule is Cc1cscc1C(=O)c1ccc(F)cc1. The molecule has 1 aromatic carbocycles. The monoisotopic (exact) mass is 220 g/mol. The Balaban J connectivity index is 2.37. The summed E-state index contributed by atoms with van der Waals surface area (Å²) in [6, 6.07) is 5.62. The van der Waals surface area contributed by atoms with Gasteiger partial charge in [0.05, 0.1) is 0 Å². The molecule has 0 saturated carbocycles. The number of aryl methyl sites for hydroxylation is 1. The molecule has 15 heavy (non-hydrogen) atoms. The van der Waals surface area contributed by atoms with E-state index >= 15 is 0 Å². The van der Waals surface area contributed by atoms with Crippen molar-refractivity contribution in [3.8, 4) is 0 Å². The molecule has 2 aromatic rings. The van der Waals surface area contributed by atoms with Gasteiger partial charge >= 0.3 is 0 Å². The second-order valence-electron chi connectivity index (χ2n) is 3.30. The molecule has 3 heteroatoms. The molecule has 1 nitrogen and oxygen atoms in total. The lowest BCUT2D eigenvalue weighted by molar-refractivity contribution is 0.103. The van der Waals surface area contributed by atoms with E-state index in [0.29, 0.717) is 11.1 Å². The zero-order valence-electron chi connectivity index (χ0n) is 8.16. The van der Waals surface area contributed by atoms with Gasteiger partial charge in [-0.1, -0.05) is 0 Å². The molecule has 0 bridgehead atoms. The van der Waals surface area contributed by atoms with E-state index in [4.69, 9.17) is 0 Å². The van der Waals surface area contributed by atoms with Crippen LogP contribution < -0.4 is 0 Å². The van der Waals surface area contributed by atoms with Gasteiger partial charge in [0.25, 0.3) is 0 Å². The Morgan fingerprint density at radius 1 is 1.20 bits per heavy atom. The number of benzene rings is 1. The highest BCUT2D eigenvalue weighted by atomic mass is 32.1. The van der Waals surface area contributed by atoms with Crippen LogP contribution in [-0.2, 0) is 0 Å². The van der Waals surface area contributed by atoms with Gasteiger partial charge in [0, 0.05) is 16.5 Å². The third-order valence-corrected chi connectivity index (χ3v) is 3.07. The molecule has 76 valence electrons. The summed E-state index contributed by atoms with van der Waals surface area (Å²) in [6.07, 6.45) is 0. The van der Waals surface area contributed by atoms with Crippen LogP contribution in [0, 0.1) is 12.7 Å². The summed E-state index contributed by atoms with van der Waals surface area (Å²) in [5.74, 6) is -0.373. The van der Waals surface area contributed by atoms with Crippen LogP contribution in [0.4, 0.5) is 4.39 Å². The first-order valence-electron chi connectivity index (χ1n) is 4.51. The van der Waals surface area contributed by atoms with Crippen molar-refractivity contribution in [2.75, 3.05) is 0 Å². The normalized spacial score (nSPS) is 10.3. The molecule has 0 saturated heterocycles. The Morgan fingerprint density at radius 2 is 1.87 bits per heavy atom. The summed E-state index contributed by atoms with van der Waals surface area (Å²) in [7, 11) is 0. The first-order chi connectivity index (χ1) is 7.18. The predicted octanol–water partition coefficient (Wildman–Crippen LogP) is 3.43. The van der Waals surface area contributed by atoms with Gasteiger partial charge in [-0.3, -0.25) is 4.79 Å². The fraction of sp³-hybridized carbons (Fsp3) is 0.0833. The Morgan fingerprint density at radius 3 is 2.40 bits per heavy atom. The Kier molecular flexibility index (Phi) is 2.64.